The van der Waals surface area contributed by atoms with Gasteiger partial charge in [0.05, 0.1) is 75.6 Å². The van der Waals surface area contributed by atoms with Gasteiger partial charge in [0.1, 0.15) is 0 Å². The maximum absolute atomic E-state index is 10.2. The van der Waals surface area contributed by atoms with Gasteiger partial charge in [0.2, 0.25) is 0 Å². The van der Waals surface area contributed by atoms with E-state index < -0.39 is 270 Å². The third-order valence-electron chi connectivity index (χ3n) is 9.62. The molecule has 3 aromatic heterocycles. The SMILES string of the molecule is [2H]c1c([2H])c([2H])c(-c2cc(-c3c([2H])c([2H])c([2H])c([2H])c3[2H])cc(-n3c4c([2H])c([2H])c([2H])c([2H])c4c4c([2H])c(-n5c6c([2H])c([2H])c(-n7c8c([2H])c([2H])c([2H])c([2H])c8c8c([2H])c([2H])c([2H])c([2H])c87)cc6c6c([2H])c([2H])c([2H])c([2H])c65)c([2H])c([2H])c43)c2)c([2H])c1[2H]. The van der Waals surface area contributed by atoms with E-state index in [2.05, 4.69) is 0 Å². The van der Waals surface area contributed by atoms with Crippen molar-refractivity contribution in [2.24, 2.45) is 0 Å². The van der Waals surface area contributed by atoms with Crippen molar-refractivity contribution in [3.8, 4) is 39.3 Å². The van der Waals surface area contributed by atoms with Gasteiger partial charge in [-0.25, -0.2) is 0 Å². The molecule has 0 saturated heterocycles. The molecule has 0 atom stereocenters. The van der Waals surface area contributed by atoms with Crippen LogP contribution in [-0.4, -0.2) is 13.7 Å². The predicted molar refractivity (Wildman–Crippen MR) is 240 cm³/mol. The van der Waals surface area contributed by atoms with E-state index in [0.717, 1.165) is 38.0 Å². The molecular formula is C54H35N3. The Kier molecular flexibility index (Phi) is 3.02. The minimum Gasteiger partial charge on any atom is -0.309 e. The molecule has 0 aliphatic carbocycles. The number of benzene rings is 9. The summed E-state index contributed by atoms with van der Waals surface area (Å²) in [5, 5.41) is -2.72. The van der Waals surface area contributed by atoms with Gasteiger partial charge in [0.25, 0.3) is 0 Å². The molecule has 0 unspecified atom stereocenters. The third kappa shape index (κ3) is 4.86. The lowest BCUT2D eigenvalue weighted by molar-refractivity contribution is 1.16. The molecule has 57 heavy (non-hydrogen) atoms. The zero-order valence-corrected chi connectivity index (χ0v) is 28.7. The number of fused-ring (bicyclic) bond motifs is 9. The van der Waals surface area contributed by atoms with Gasteiger partial charge in [-0.15, -0.1) is 0 Å². The minimum absolute atomic E-state index is 0.290. The summed E-state index contributed by atoms with van der Waals surface area (Å²) in [4.78, 5) is 0. The molecule has 0 bridgehead atoms. The number of hydrogen-bond acceptors (Lipinski definition) is 0. The summed E-state index contributed by atoms with van der Waals surface area (Å²) < 4.78 is 283. The Labute approximate surface area is 373 Å². The predicted octanol–water partition coefficient (Wildman–Crippen LogP) is 14.3. The van der Waals surface area contributed by atoms with Crippen LogP contribution in [0.5, 0.6) is 0 Å². The minimum atomic E-state index is -1.000. The van der Waals surface area contributed by atoms with Crippen molar-refractivity contribution in [3.05, 3.63) is 212 Å². The van der Waals surface area contributed by atoms with E-state index in [9.17, 15) is 12.3 Å². The van der Waals surface area contributed by atoms with Crippen molar-refractivity contribution >= 4 is 65.4 Å². The van der Waals surface area contributed by atoms with E-state index >= 15 is 0 Å². The van der Waals surface area contributed by atoms with Crippen molar-refractivity contribution in [1.82, 2.24) is 13.7 Å². The summed E-state index contributed by atoms with van der Waals surface area (Å²) in [6.07, 6.45) is 0. The molecule has 266 valence electrons. The van der Waals surface area contributed by atoms with Gasteiger partial charge in [0.15, 0.2) is 0 Å². The number of nitrogens with zero attached hydrogens (tertiary/aromatic N) is 3. The Morgan fingerprint density at radius 1 is 0.246 bits per heavy atom. The fourth-order valence-electron chi connectivity index (χ4n) is 7.28. The summed E-state index contributed by atoms with van der Waals surface area (Å²) in [5.41, 5.74) is -6.39. The molecular weight excluding hydrogens is 691 g/mol. The van der Waals surface area contributed by atoms with Gasteiger partial charge in [0, 0.05) is 49.4 Å². The summed E-state index contributed by atoms with van der Waals surface area (Å²) in [5.74, 6) is 0. The summed E-state index contributed by atoms with van der Waals surface area (Å²) in [6, 6.07) is -21.2. The Morgan fingerprint density at radius 3 is 1.14 bits per heavy atom. The average molecular weight is 757 g/mol. The largest absolute Gasteiger partial charge is 0.309 e. The van der Waals surface area contributed by atoms with Crippen LogP contribution in [0.2, 0.25) is 0 Å². The molecule has 0 aliphatic heterocycles. The van der Waals surface area contributed by atoms with Gasteiger partial charge in [-0.05, 0) is 101 Å². The fraction of sp³-hybridized carbons (Fsp3) is 0. The van der Waals surface area contributed by atoms with E-state index in [-0.39, 0.29) is 22.2 Å². The van der Waals surface area contributed by atoms with Gasteiger partial charge in [-0.2, -0.15) is 0 Å². The standard InChI is InChI=1S/C54H35N3/c1-3-15-36(16-4-1)38-31-39(37-17-5-2-6-18-37)33-42(32-38)57-52-26-14-10-22-46(52)48-35-41(28-30-54(48)57)56-51-25-13-9-21-45(51)47-34-40(27-29-53(47)56)55-49-23-11-7-19-43(49)44-20-8-12-24-50(44)55/h1-35H/i1D,2D,3D,4D,5D,6D,7D,8D,9D,10D,11D,12D,13D,14D,15D,16D,17D,18D,19D,20D,21D,22D,23D,24D,25D,26D,27D,28D,29D,30D,35D. The number of para-hydroxylation sites is 4. The first kappa shape index (κ1) is 13.8. The highest BCUT2D eigenvalue weighted by Crippen LogP contribution is 2.40. The zero-order valence-electron chi connectivity index (χ0n) is 59.7. The van der Waals surface area contributed by atoms with E-state index in [4.69, 9.17) is 30.2 Å². The highest BCUT2D eigenvalue weighted by molar-refractivity contribution is 6.14. The average Bonchev–Trinajstić information content (AvgIpc) is 1.53. The van der Waals surface area contributed by atoms with Crippen molar-refractivity contribution in [2.75, 3.05) is 0 Å². The summed E-state index contributed by atoms with van der Waals surface area (Å²) in [7, 11) is 0. The molecule has 3 nitrogen and oxygen atoms in total. The normalized spacial score (nSPS) is 19.5. The molecule has 9 aromatic carbocycles. The second kappa shape index (κ2) is 12.5. The maximum Gasteiger partial charge on any atom is 0.0652 e. The summed E-state index contributed by atoms with van der Waals surface area (Å²) >= 11 is 0. The van der Waals surface area contributed by atoms with E-state index in [1.165, 1.54) is 0 Å². The van der Waals surface area contributed by atoms with Crippen molar-refractivity contribution in [2.45, 2.75) is 0 Å². The molecule has 12 aromatic rings. The van der Waals surface area contributed by atoms with Gasteiger partial charge in [-0.3, -0.25) is 0 Å². The summed E-state index contributed by atoms with van der Waals surface area (Å²) in [6.45, 7) is 0. The van der Waals surface area contributed by atoms with E-state index in [1.54, 1.807) is 0 Å². The van der Waals surface area contributed by atoms with Crippen LogP contribution in [0, 0.1) is 0 Å². The Hall–Kier alpha value is -7.62. The first-order valence-electron chi connectivity index (χ1n) is 32.6. The lowest BCUT2D eigenvalue weighted by Gasteiger charge is -2.14. The first-order chi connectivity index (χ1) is 41.2. The molecule has 0 amide bonds. The second-order valence-corrected chi connectivity index (χ2v) is 12.7. The number of hydrogen-bond donors (Lipinski definition) is 0. The lowest BCUT2D eigenvalue weighted by atomic mass is 9.98. The Balaban J connectivity index is 1.28. The van der Waals surface area contributed by atoms with Crippen LogP contribution in [0.25, 0.3) is 105 Å². The van der Waals surface area contributed by atoms with Gasteiger partial charge in [-0.1, -0.05) is 133 Å². The molecule has 0 radical (unpaired) electrons. The number of aromatic nitrogens is 3. The van der Waals surface area contributed by atoms with Crippen LogP contribution in [0.15, 0.2) is 212 Å². The van der Waals surface area contributed by atoms with Crippen LogP contribution in [0.1, 0.15) is 42.5 Å². The molecule has 0 fully saturated rings. The van der Waals surface area contributed by atoms with Crippen LogP contribution in [0.4, 0.5) is 0 Å². The van der Waals surface area contributed by atoms with Crippen LogP contribution >= 0.6 is 0 Å². The number of rotatable bonds is 5. The van der Waals surface area contributed by atoms with E-state index in [1.807, 2.05) is 0 Å². The highest BCUT2D eigenvalue weighted by Gasteiger charge is 2.19. The fourth-order valence-corrected chi connectivity index (χ4v) is 7.28. The van der Waals surface area contributed by atoms with Crippen molar-refractivity contribution in [1.29, 1.82) is 0 Å². The Morgan fingerprint density at radius 2 is 0.614 bits per heavy atom. The smallest absolute Gasteiger partial charge is 0.0652 e. The van der Waals surface area contributed by atoms with Gasteiger partial charge >= 0.3 is 0 Å². The second-order valence-electron chi connectivity index (χ2n) is 12.7. The van der Waals surface area contributed by atoms with Crippen LogP contribution in [0.3, 0.4) is 0 Å². The monoisotopic (exact) mass is 756 g/mol. The van der Waals surface area contributed by atoms with Crippen molar-refractivity contribution in [3.63, 3.8) is 0 Å². The van der Waals surface area contributed by atoms with Crippen LogP contribution < -0.4 is 0 Å². The molecule has 0 saturated carbocycles. The maximum atomic E-state index is 10.2. The van der Waals surface area contributed by atoms with Crippen molar-refractivity contribution < 1.29 is 42.5 Å². The van der Waals surface area contributed by atoms with E-state index in [0.29, 0.717) is 0 Å². The first-order valence-corrected chi connectivity index (χ1v) is 17.1. The Bertz CT molecular complexity index is 5120. The molecule has 0 spiro atoms. The molecule has 0 N–H and O–H groups in total. The highest BCUT2D eigenvalue weighted by atomic mass is 15.0. The van der Waals surface area contributed by atoms with Crippen LogP contribution in [-0.2, 0) is 0 Å². The molecule has 0 aliphatic rings. The lowest BCUT2D eigenvalue weighted by Crippen LogP contribution is -1.97. The van der Waals surface area contributed by atoms with Gasteiger partial charge < -0.3 is 13.7 Å². The molecule has 3 heterocycles. The molecule has 12 rings (SSSR count). The zero-order chi connectivity index (χ0) is 64.4. The molecule has 3 heteroatoms. The quantitative estimate of drug-likeness (QED) is 0.166. The third-order valence-corrected chi connectivity index (χ3v) is 9.62. The topological polar surface area (TPSA) is 14.8 Å².